The molecule has 0 heterocycles. The van der Waals surface area contributed by atoms with E-state index in [0.29, 0.717) is 6.42 Å². The number of nitro groups is 2. The standard InChI is InChI=1S/C6H10N2O6/c1-2-3-4-6(5(9)10,7(11)12)8(13)14/h2-4H2,1H3,(H,9,10). The van der Waals surface area contributed by atoms with Gasteiger partial charge in [0.05, 0.1) is 0 Å². The zero-order chi connectivity index (χ0) is 11.4. The van der Waals surface area contributed by atoms with Crippen molar-refractivity contribution in [1.82, 2.24) is 0 Å². The molecule has 1 N–H and O–H groups in total. The van der Waals surface area contributed by atoms with Crippen LogP contribution in [0, 0.1) is 20.2 Å². The number of carboxylic acids is 1. The van der Waals surface area contributed by atoms with Crippen molar-refractivity contribution in [2.45, 2.75) is 31.8 Å². The van der Waals surface area contributed by atoms with Crippen molar-refractivity contribution in [3.8, 4) is 0 Å². The first-order chi connectivity index (χ1) is 6.39. The summed E-state index contributed by atoms with van der Waals surface area (Å²) < 4.78 is 0. The largest absolute Gasteiger partial charge is 0.552 e. The van der Waals surface area contributed by atoms with E-state index in [9.17, 15) is 25.0 Å². The molecule has 14 heavy (non-hydrogen) atoms. The minimum Gasteiger partial charge on any atom is -0.470 e. The van der Waals surface area contributed by atoms with E-state index >= 15 is 0 Å². The summed E-state index contributed by atoms with van der Waals surface area (Å²) in [5.74, 6) is -2.03. The highest BCUT2D eigenvalue weighted by Gasteiger charge is 2.64. The molecule has 0 aliphatic heterocycles. The molecule has 0 atom stereocenters. The molecule has 80 valence electrons. The number of aliphatic carboxylic acids is 1. The Kier molecular flexibility index (Phi) is 3.94. The van der Waals surface area contributed by atoms with Crippen molar-refractivity contribution in [2.75, 3.05) is 0 Å². The van der Waals surface area contributed by atoms with Crippen LogP contribution in [0.15, 0.2) is 0 Å². The quantitative estimate of drug-likeness (QED) is 0.383. The Morgan fingerprint density at radius 1 is 1.36 bits per heavy atom. The van der Waals surface area contributed by atoms with Crippen LogP contribution >= 0.6 is 0 Å². The molecule has 0 saturated heterocycles. The summed E-state index contributed by atoms with van der Waals surface area (Å²) in [6.07, 6.45) is -0.0240. The summed E-state index contributed by atoms with van der Waals surface area (Å²) in [5, 5.41) is 29.3. The fourth-order valence-corrected chi connectivity index (χ4v) is 0.936. The Morgan fingerprint density at radius 2 is 1.79 bits per heavy atom. The summed E-state index contributed by atoms with van der Waals surface area (Å²) in [4.78, 5) is 28.6. The van der Waals surface area contributed by atoms with Gasteiger partial charge in [0.25, 0.3) is 0 Å². The first-order valence-corrected chi connectivity index (χ1v) is 3.92. The fourth-order valence-electron chi connectivity index (χ4n) is 0.936. The molecule has 8 heteroatoms. The van der Waals surface area contributed by atoms with Crippen LogP contribution in [0.4, 0.5) is 0 Å². The maximum absolute atomic E-state index is 10.5. The average molecular weight is 206 g/mol. The third-order valence-corrected chi connectivity index (χ3v) is 1.83. The van der Waals surface area contributed by atoms with Crippen LogP contribution in [-0.2, 0) is 4.79 Å². The second kappa shape index (κ2) is 4.49. The molecule has 0 aromatic carbocycles. The molecule has 0 aliphatic rings. The molecule has 0 aromatic heterocycles. The molecule has 0 fully saturated rings. The zero-order valence-corrected chi connectivity index (χ0v) is 7.50. The number of carboxylic acid groups (broad SMARTS) is 1. The molecule has 0 unspecified atom stereocenters. The van der Waals surface area contributed by atoms with Crippen molar-refractivity contribution in [3.05, 3.63) is 20.2 Å². The normalized spacial score (nSPS) is 10.9. The van der Waals surface area contributed by atoms with Crippen LogP contribution in [0.25, 0.3) is 0 Å². The van der Waals surface area contributed by atoms with E-state index in [1.165, 1.54) is 0 Å². The Bertz CT molecular complexity index is 227. The second-order valence-corrected chi connectivity index (χ2v) is 2.74. The number of unbranched alkanes of at least 4 members (excludes halogenated alkanes) is 1. The van der Waals surface area contributed by atoms with Crippen molar-refractivity contribution in [2.24, 2.45) is 0 Å². The van der Waals surface area contributed by atoms with E-state index in [1.807, 2.05) is 0 Å². The van der Waals surface area contributed by atoms with Crippen molar-refractivity contribution >= 4 is 5.97 Å². The predicted octanol–water partition coefficient (Wildman–Crippen LogP) is 0.511. The lowest BCUT2D eigenvalue weighted by molar-refractivity contribution is -0.778. The minimum atomic E-state index is -3.09. The van der Waals surface area contributed by atoms with Gasteiger partial charge in [0, 0.05) is 0 Å². The van der Waals surface area contributed by atoms with E-state index < -0.39 is 27.9 Å². The molecule has 0 bridgehead atoms. The Balaban J connectivity index is 5.06. The van der Waals surface area contributed by atoms with Gasteiger partial charge in [-0.1, -0.05) is 13.3 Å². The number of rotatable bonds is 6. The van der Waals surface area contributed by atoms with Gasteiger partial charge in [0.15, 0.2) is 0 Å². The maximum atomic E-state index is 10.5. The molecule has 0 rings (SSSR count). The first-order valence-electron chi connectivity index (χ1n) is 3.92. The van der Waals surface area contributed by atoms with Crippen LogP contribution in [-0.4, -0.2) is 26.6 Å². The van der Waals surface area contributed by atoms with Gasteiger partial charge in [0.2, 0.25) is 0 Å². The van der Waals surface area contributed by atoms with Gasteiger partial charge in [-0.15, -0.1) is 0 Å². The average Bonchev–Trinajstić information content (AvgIpc) is 2.03. The van der Waals surface area contributed by atoms with E-state index in [0.717, 1.165) is 0 Å². The van der Waals surface area contributed by atoms with Gasteiger partial charge in [-0.05, 0) is 6.42 Å². The van der Waals surface area contributed by atoms with E-state index in [2.05, 4.69) is 0 Å². The first kappa shape index (κ1) is 12.3. The summed E-state index contributed by atoms with van der Waals surface area (Å²) in [6.45, 7) is 1.66. The second-order valence-electron chi connectivity index (χ2n) is 2.74. The third-order valence-electron chi connectivity index (χ3n) is 1.83. The molecule has 0 radical (unpaired) electrons. The minimum absolute atomic E-state index is 0.119. The highest BCUT2D eigenvalue weighted by Crippen LogP contribution is 2.19. The molecule has 0 spiro atoms. The number of nitrogens with zero attached hydrogens (tertiary/aromatic N) is 2. The molecular weight excluding hydrogens is 196 g/mol. The lowest BCUT2D eigenvalue weighted by Crippen LogP contribution is -2.53. The van der Waals surface area contributed by atoms with Crippen molar-refractivity contribution in [3.63, 3.8) is 0 Å². The number of hydrogen-bond acceptors (Lipinski definition) is 5. The monoisotopic (exact) mass is 206 g/mol. The van der Waals surface area contributed by atoms with Gasteiger partial charge >= 0.3 is 11.6 Å². The highest BCUT2D eigenvalue weighted by molar-refractivity contribution is 5.74. The van der Waals surface area contributed by atoms with Gasteiger partial charge in [0.1, 0.15) is 16.3 Å². The lowest BCUT2D eigenvalue weighted by Gasteiger charge is -2.11. The van der Waals surface area contributed by atoms with Gasteiger partial charge < -0.3 is 5.11 Å². The molecular formula is C6H10N2O6. The molecule has 8 nitrogen and oxygen atoms in total. The molecule has 0 saturated carbocycles. The Labute approximate surface area is 78.8 Å². The zero-order valence-electron chi connectivity index (χ0n) is 7.50. The van der Waals surface area contributed by atoms with Gasteiger partial charge in [-0.2, -0.15) is 0 Å². The molecule has 0 aliphatic carbocycles. The SMILES string of the molecule is CCCCC(C(=O)O)([N+](=O)[O-])[N+](=O)[O-]. The molecule has 0 amide bonds. The van der Waals surface area contributed by atoms with Gasteiger partial charge in [-0.3, -0.25) is 20.2 Å². The van der Waals surface area contributed by atoms with Crippen molar-refractivity contribution in [1.29, 1.82) is 0 Å². The Hall–Kier alpha value is -1.73. The third kappa shape index (κ3) is 1.95. The number of carbonyl (C=O) groups is 1. The van der Waals surface area contributed by atoms with E-state index in [-0.39, 0.29) is 6.42 Å². The van der Waals surface area contributed by atoms with Crippen LogP contribution in [0.5, 0.6) is 0 Å². The van der Waals surface area contributed by atoms with E-state index in [1.54, 1.807) is 6.92 Å². The van der Waals surface area contributed by atoms with Crippen LogP contribution < -0.4 is 0 Å². The van der Waals surface area contributed by atoms with E-state index in [4.69, 9.17) is 5.11 Å². The van der Waals surface area contributed by atoms with Crippen LogP contribution in [0.2, 0.25) is 0 Å². The number of hydrogen-bond donors (Lipinski definition) is 1. The summed E-state index contributed by atoms with van der Waals surface area (Å²) in [5.41, 5.74) is -3.09. The summed E-state index contributed by atoms with van der Waals surface area (Å²) in [7, 11) is 0. The lowest BCUT2D eigenvalue weighted by atomic mass is 10.0. The molecule has 0 aromatic rings. The fraction of sp³-hybridized carbons (Fsp3) is 0.833. The summed E-state index contributed by atoms with van der Waals surface area (Å²) >= 11 is 0. The maximum Gasteiger partial charge on any atom is 0.552 e. The summed E-state index contributed by atoms with van der Waals surface area (Å²) in [6, 6.07) is 0. The topological polar surface area (TPSA) is 124 Å². The highest BCUT2D eigenvalue weighted by atomic mass is 16.7. The Morgan fingerprint density at radius 3 is 2.00 bits per heavy atom. The van der Waals surface area contributed by atoms with Crippen LogP contribution in [0.1, 0.15) is 26.2 Å². The van der Waals surface area contributed by atoms with Crippen LogP contribution in [0.3, 0.4) is 0 Å². The smallest absolute Gasteiger partial charge is 0.470 e. The predicted molar refractivity (Wildman–Crippen MR) is 43.9 cm³/mol. The van der Waals surface area contributed by atoms with Gasteiger partial charge in [-0.25, -0.2) is 4.79 Å². The van der Waals surface area contributed by atoms with Crippen molar-refractivity contribution < 1.29 is 19.7 Å².